The summed E-state index contributed by atoms with van der Waals surface area (Å²) < 4.78 is 11.0. The molecular weight excluding hydrogens is 260 g/mol. The first kappa shape index (κ1) is 14.7. The molecule has 0 bridgehead atoms. The first-order valence-corrected chi connectivity index (χ1v) is 6.88. The molecule has 0 unspecified atom stereocenters. The minimum atomic E-state index is -0.0160. The van der Waals surface area contributed by atoms with Crippen molar-refractivity contribution in [2.75, 3.05) is 30.5 Å². The molecule has 0 aromatic carbocycles. The Morgan fingerprint density at radius 1 is 1.25 bits per heavy atom. The van der Waals surface area contributed by atoms with Gasteiger partial charge in [0.2, 0.25) is 11.9 Å². The first-order valence-electron chi connectivity index (χ1n) is 6.88. The van der Waals surface area contributed by atoms with Crippen LogP contribution in [-0.2, 0) is 4.74 Å². The molecule has 1 aromatic heterocycles. The highest BCUT2D eigenvalue weighted by Gasteiger charge is 2.20. The number of anilines is 2. The second-order valence-electron chi connectivity index (χ2n) is 5.02. The molecule has 1 fully saturated rings. The van der Waals surface area contributed by atoms with Crippen LogP contribution < -0.4 is 21.3 Å². The van der Waals surface area contributed by atoms with Crippen molar-refractivity contribution in [1.29, 1.82) is 0 Å². The quantitative estimate of drug-likeness (QED) is 0.346. The summed E-state index contributed by atoms with van der Waals surface area (Å²) in [7, 11) is 0. The van der Waals surface area contributed by atoms with Gasteiger partial charge in [0.25, 0.3) is 0 Å². The van der Waals surface area contributed by atoms with E-state index in [2.05, 4.69) is 25.7 Å². The molecule has 1 aliphatic carbocycles. The van der Waals surface area contributed by atoms with Gasteiger partial charge in [-0.3, -0.25) is 5.43 Å². The van der Waals surface area contributed by atoms with Crippen LogP contribution in [0.15, 0.2) is 0 Å². The van der Waals surface area contributed by atoms with Crippen molar-refractivity contribution in [3.05, 3.63) is 0 Å². The molecule has 0 radical (unpaired) electrons. The predicted molar refractivity (Wildman–Crippen MR) is 75.4 cm³/mol. The molecule has 1 aliphatic rings. The van der Waals surface area contributed by atoms with Gasteiger partial charge in [-0.2, -0.15) is 15.0 Å². The van der Waals surface area contributed by atoms with E-state index in [4.69, 9.17) is 15.3 Å². The first-order chi connectivity index (χ1) is 9.67. The van der Waals surface area contributed by atoms with Crippen molar-refractivity contribution in [1.82, 2.24) is 15.0 Å². The average Bonchev–Trinajstić information content (AvgIpc) is 3.21. The summed E-state index contributed by atoms with van der Waals surface area (Å²) in [6, 6.07) is 0.240. The lowest BCUT2D eigenvalue weighted by Gasteiger charge is -2.11. The van der Waals surface area contributed by atoms with E-state index < -0.39 is 0 Å². The van der Waals surface area contributed by atoms with Gasteiger partial charge in [0.05, 0.1) is 12.7 Å². The second kappa shape index (κ2) is 7.20. The Bertz CT molecular complexity index is 424. The van der Waals surface area contributed by atoms with E-state index in [0.717, 1.165) is 12.5 Å². The van der Waals surface area contributed by atoms with Gasteiger partial charge < -0.3 is 14.8 Å². The summed E-state index contributed by atoms with van der Waals surface area (Å²) in [4.78, 5) is 12.3. The maximum Gasteiger partial charge on any atom is 0.323 e. The van der Waals surface area contributed by atoms with Crippen molar-refractivity contribution in [2.45, 2.75) is 32.8 Å². The zero-order chi connectivity index (χ0) is 14.4. The van der Waals surface area contributed by atoms with Crippen LogP contribution in [0.2, 0.25) is 0 Å². The number of hydrazine groups is 1. The summed E-state index contributed by atoms with van der Waals surface area (Å²) in [5, 5.41) is 3.06. The molecule has 20 heavy (non-hydrogen) atoms. The molecule has 2 rings (SSSR count). The maximum atomic E-state index is 5.53. The smallest absolute Gasteiger partial charge is 0.323 e. The van der Waals surface area contributed by atoms with E-state index in [1.54, 1.807) is 0 Å². The Hall–Kier alpha value is -1.67. The zero-order valence-corrected chi connectivity index (χ0v) is 11.9. The summed E-state index contributed by atoms with van der Waals surface area (Å²) >= 11 is 0. The van der Waals surface area contributed by atoms with Crippen LogP contribution in [0.3, 0.4) is 0 Å². The molecule has 0 amide bonds. The van der Waals surface area contributed by atoms with Gasteiger partial charge in [-0.25, -0.2) is 5.84 Å². The van der Waals surface area contributed by atoms with Crippen LogP contribution in [0.4, 0.5) is 11.9 Å². The van der Waals surface area contributed by atoms with Crippen molar-refractivity contribution in [3.8, 4) is 6.01 Å². The van der Waals surface area contributed by atoms with Gasteiger partial charge >= 0.3 is 6.01 Å². The molecule has 0 aliphatic heterocycles. The molecule has 1 aromatic rings. The minimum Gasteiger partial charge on any atom is -0.461 e. The highest BCUT2D eigenvalue weighted by Crippen LogP contribution is 2.28. The number of hydrogen-bond donors (Lipinski definition) is 3. The van der Waals surface area contributed by atoms with Crippen LogP contribution >= 0.6 is 0 Å². The third-order valence-electron chi connectivity index (χ3n) is 2.67. The normalized spacial score (nSPS) is 14.4. The Labute approximate surface area is 118 Å². The molecule has 0 saturated heterocycles. The van der Waals surface area contributed by atoms with E-state index in [9.17, 15) is 0 Å². The summed E-state index contributed by atoms with van der Waals surface area (Å²) in [5.41, 5.74) is 2.39. The zero-order valence-electron chi connectivity index (χ0n) is 11.9. The van der Waals surface area contributed by atoms with Crippen molar-refractivity contribution in [2.24, 2.45) is 11.8 Å². The minimum absolute atomic E-state index is 0.0160. The summed E-state index contributed by atoms with van der Waals surface area (Å²) in [6.45, 7) is 5.89. The van der Waals surface area contributed by atoms with Gasteiger partial charge in [0, 0.05) is 13.2 Å². The summed E-state index contributed by atoms with van der Waals surface area (Å²) in [6.07, 6.45) is 2.57. The van der Waals surface area contributed by atoms with Crippen LogP contribution in [0.5, 0.6) is 6.01 Å². The van der Waals surface area contributed by atoms with Gasteiger partial charge in [-0.15, -0.1) is 0 Å². The van der Waals surface area contributed by atoms with Gasteiger partial charge in [-0.05, 0) is 32.6 Å². The van der Waals surface area contributed by atoms with Crippen LogP contribution in [0, 0.1) is 5.92 Å². The van der Waals surface area contributed by atoms with E-state index in [1.807, 2.05) is 13.8 Å². The van der Waals surface area contributed by atoms with E-state index in [-0.39, 0.29) is 18.1 Å². The Morgan fingerprint density at radius 3 is 2.65 bits per heavy atom. The number of aromatic nitrogens is 3. The Balaban J connectivity index is 1.81. The molecule has 0 atom stereocenters. The average molecular weight is 282 g/mol. The number of nitrogen functional groups attached to an aromatic ring is 1. The van der Waals surface area contributed by atoms with E-state index in [1.165, 1.54) is 12.8 Å². The maximum absolute atomic E-state index is 5.53. The largest absolute Gasteiger partial charge is 0.461 e. The summed E-state index contributed by atoms with van der Waals surface area (Å²) in [5.74, 6) is 6.77. The van der Waals surface area contributed by atoms with Gasteiger partial charge in [0.1, 0.15) is 0 Å². The number of hydrogen-bond acceptors (Lipinski definition) is 8. The molecule has 8 heteroatoms. The number of nitrogens with zero attached hydrogens (tertiary/aromatic N) is 3. The number of ether oxygens (including phenoxy) is 2. The second-order valence-corrected chi connectivity index (χ2v) is 5.02. The molecular formula is C12H22N6O2. The van der Waals surface area contributed by atoms with Crippen LogP contribution in [0.1, 0.15) is 26.7 Å². The third-order valence-corrected chi connectivity index (χ3v) is 2.67. The fraction of sp³-hybridized carbons (Fsp3) is 0.750. The monoisotopic (exact) mass is 282 g/mol. The molecule has 112 valence electrons. The molecule has 1 saturated carbocycles. The van der Waals surface area contributed by atoms with E-state index in [0.29, 0.717) is 19.1 Å². The topological polar surface area (TPSA) is 107 Å². The lowest BCUT2D eigenvalue weighted by molar-refractivity contribution is 0.133. The fourth-order valence-electron chi connectivity index (χ4n) is 1.53. The van der Waals surface area contributed by atoms with Crippen molar-refractivity contribution < 1.29 is 9.47 Å². The highest BCUT2D eigenvalue weighted by atomic mass is 16.5. The predicted octanol–water partition coefficient (Wildman–Crippen LogP) is 0.783. The molecule has 0 spiro atoms. The molecule has 1 heterocycles. The lowest BCUT2D eigenvalue weighted by Crippen LogP contribution is -2.18. The van der Waals surface area contributed by atoms with Crippen LogP contribution in [-0.4, -0.2) is 40.8 Å². The van der Waals surface area contributed by atoms with Gasteiger partial charge in [0.15, 0.2) is 0 Å². The standard InChI is InChI=1S/C12H22N6O2/c1-8(2)20-12-16-10(15-11(17-12)18-13)14-5-6-19-7-9-3-4-9/h8-9H,3-7,13H2,1-2H3,(H2,14,15,16,17,18). The third kappa shape index (κ3) is 5.14. The Kier molecular flexibility index (Phi) is 5.31. The van der Waals surface area contributed by atoms with E-state index >= 15 is 0 Å². The number of nitrogens with one attached hydrogen (secondary N) is 2. The number of rotatable bonds is 9. The van der Waals surface area contributed by atoms with Crippen molar-refractivity contribution in [3.63, 3.8) is 0 Å². The Morgan fingerprint density at radius 2 is 2.00 bits per heavy atom. The molecule has 8 nitrogen and oxygen atoms in total. The van der Waals surface area contributed by atoms with Gasteiger partial charge in [-0.1, -0.05) is 0 Å². The SMILES string of the molecule is CC(C)Oc1nc(NN)nc(NCCOCC2CC2)n1. The lowest BCUT2D eigenvalue weighted by atomic mass is 10.5. The highest BCUT2D eigenvalue weighted by molar-refractivity contribution is 5.34. The number of nitrogens with two attached hydrogens (primary N) is 1. The van der Waals surface area contributed by atoms with Crippen molar-refractivity contribution >= 4 is 11.9 Å². The molecule has 4 N–H and O–H groups in total. The fourth-order valence-corrected chi connectivity index (χ4v) is 1.53. The van der Waals surface area contributed by atoms with Crippen LogP contribution in [0.25, 0.3) is 0 Å².